The third-order valence-corrected chi connectivity index (χ3v) is 12.6. The lowest BCUT2D eigenvalue weighted by molar-refractivity contribution is 0.769. The number of fused-ring (bicyclic) bond motifs is 6. The van der Waals surface area contributed by atoms with Crippen LogP contribution in [0.5, 0.6) is 0 Å². The van der Waals surface area contributed by atoms with Crippen molar-refractivity contribution in [1.29, 1.82) is 0 Å². The number of para-hydroxylation sites is 1. The maximum absolute atomic E-state index is 5.20. The minimum atomic E-state index is -0.556. The van der Waals surface area contributed by atoms with Crippen LogP contribution in [-0.4, -0.2) is 19.5 Å². The normalized spacial score (nSPS) is 12.6. The maximum atomic E-state index is 5.20. The van der Waals surface area contributed by atoms with Gasteiger partial charge in [-0.3, -0.25) is 4.57 Å². The lowest BCUT2D eigenvalue weighted by Crippen LogP contribution is -2.28. The second-order valence-corrected chi connectivity index (χ2v) is 16.0. The van der Waals surface area contributed by atoms with Crippen molar-refractivity contribution in [1.82, 2.24) is 19.5 Å². The van der Waals surface area contributed by atoms with E-state index in [1.165, 1.54) is 44.5 Å². The van der Waals surface area contributed by atoms with Crippen molar-refractivity contribution in [2.75, 3.05) is 0 Å². The molecule has 62 heavy (non-hydrogen) atoms. The summed E-state index contributed by atoms with van der Waals surface area (Å²) < 4.78 is 2.21. The highest BCUT2D eigenvalue weighted by Gasteiger charge is 2.46. The van der Waals surface area contributed by atoms with Gasteiger partial charge in [-0.2, -0.15) is 9.97 Å². The van der Waals surface area contributed by atoms with E-state index in [1.54, 1.807) is 0 Å². The predicted molar refractivity (Wildman–Crippen MR) is 253 cm³/mol. The van der Waals surface area contributed by atoms with E-state index in [4.69, 9.17) is 15.0 Å². The van der Waals surface area contributed by atoms with Crippen LogP contribution < -0.4 is 0 Å². The Bertz CT molecular complexity index is 3340. The molecule has 2 heterocycles. The zero-order chi connectivity index (χ0) is 41.0. The Kier molecular flexibility index (Phi) is 8.36. The minimum Gasteiger partial charge on any atom is -0.278 e. The fourth-order valence-electron chi connectivity index (χ4n) is 9.74. The summed E-state index contributed by atoms with van der Waals surface area (Å²) in [5.74, 6) is 1.83. The third-order valence-electron chi connectivity index (χ3n) is 12.6. The molecule has 0 aliphatic heterocycles. The second kappa shape index (κ2) is 14.5. The van der Waals surface area contributed by atoms with Gasteiger partial charge in [0.1, 0.15) is 0 Å². The molecular weight excluding hydrogens is 753 g/mol. The van der Waals surface area contributed by atoms with Gasteiger partial charge in [-0.25, -0.2) is 4.98 Å². The molecule has 0 saturated carbocycles. The van der Waals surface area contributed by atoms with Crippen LogP contribution in [0.15, 0.2) is 231 Å². The Balaban J connectivity index is 1.09. The molecule has 9 aromatic carbocycles. The second-order valence-electron chi connectivity index (χ2n) is 16.0. The molecular formula is C58H38N4. The molecule has 0 spiro atoms. The number of hydrogen-bond donors (Lipinski definition) is 0. The van der Waals surface area contributed by atoms with E-state index >= 15 is 0 Å². The van der Waals surface area contributed by atoms with Gasteiger partial charge < -0.3 is 0 Å². The molecule has 4 nitrogen and oxygen atoms in total. The number of aromatic nitrogens is 4. The van der Waals surface area contributed by atoms with Crippen molar-refractivity contribution in [3.05, 3.63) is 253 Å². The van der Waals surface area contributed by atoms with E-state index < -0.39 is 5.41 Å². The first-order chi connectivity index (χ1) is 30.7. The van der Waals surface area contributed by atoms with Crippen molar-refractivity contribution in [2.45, 2.75) is 5.41 Å². The van der Waals surface area contributed by atoms with E-state index in [-0.39, 0.29) is 0 Å². The van der Waals surface area contributed by atoms with Gasteiger partial charge in [0.25, 0.3) is 0 Å². The van der Waals surface area contributed by atoms with Crippen LogP contribution in [0.2, 0.25) is 0 Å². The van der Waals surface area contributed by atoms with Crippen LogP contribution in [0.3, 0.4) is 0 Å². The molecule has 0 radical (unpaired) electrons. The van der Waals surface area contributed by atoms with Crippen LogP contribution in [0.1, 0.15) is 22.3 Å². The summed E-state index contributed by atoms with van der Waals surface area (Å²) in [5.41, 5.74) is 15.6. The molecule has 4 heteroatoms. The fourth-order valence-corrected chi connectivity index (χ4v) is 9.74. The SMILES string of the molecule is c1ccc(-c2ccc3c(c2)C(c2ccccc2)(c2ccccc2)c2cc(-c4ccc5c6ccccc6n(-c6nc(-c7ccccc7)nc(-c7ccccc7)n6)c5c4)ccc2-3)cc1. The smallest absolute Gasteiger partial charge is 0.238 e. The van der Waals surface area contributed by atoms with Gasteiger partial charge in [-0.05, 0) is 79.9 Å². The highest BCUT2D eigenvalue weighted by Crippen LogP contribution is 2.57. The van der Waals surface area contributed by atoms with E-state index in [0.717, 1.165) is 44.1 Å². The largest absolute Gasteiger partial charge is 0.278 e. The summed E-state index contributed by atoms with van der Waals surface area (Å²) in [5, 5.41) is 2.28. The molecule has 0 fully saturated rings. The zero-order valence-corrected chi connectivity index (χ0v) is 33.7. The molecule has 0 N–H and O–H groups in total. The molecule has 2 aromatic heterocycles. The van der Waals surface area contributed by atoms with E-state index in [0.29, 0.717) is 17.6 Å². The van der Waals surface area contributed by atoms with Crippen LogP contribution in [0, 0.1) is 0 Å². The van der Waals surface area contributed by atoms with Crippen molar-refractivity contribution in [2.24, 2.45) is 0 Å². The molecule has 0 bridgehead atoms. The van der Waals surface area contributed by atoms with Crippen molar-refractivity contribution < 1.29 is 0 Å². The number of rotatable bonds is 7. The van der Waals surface area contributed by atoms with Gasteiger partial charge in [0.05, 0.1) is 16.4 Å². The predicted octanol–water partition coefficient (Wildman–Crippen LogP) is 14.0. The Morgan fingerprint density at radius 2 is 0.726 bits per heavy atom. The third kappa shape index (κ3) is 5.65. The molecule has 11 aromatic rings. The van der Waals surface area contributed by atoms with E-state index in [9.17, 15) is 0 Å². The summed E-state index contributed by atoms with van der Waals surface area (Å²) in [6, 6.07) is 82.6. The monoisotopic (exact) mass is 790 g/mol. The molecule has 290 valence electrons. The van der Waals surface area contributed by atoms with Gasteiger partial charge >= 0.3 is 0 Å². The topological polar surface area (TPSA) is 43.6 Å². The van der Waals surface area contributed by atoms with Gasteiger partial charge in [0.15, 0.2) is 11.6 Å². The lowest BCUT2D eigenvalue weighted by atomic mass is 9.67. The fraction of sp³-hybridized carbons (Fsp3) is 0.0172. The molecule has 0 unspecified atom stereocenters. The standard InChI is InChI=1S/C58H38N4/c1-6-18-39(19-7-1)42-30-33-47-48-34-31-43(37-52(48)58(51(47)36-42,45-24-12-4-13-25-45)46-26-14-5-15-27-46)44-32-35-50-49-28-16-17-29-53(49)62(54(50)38-44)57-60-55(40-20-8-2-9-21-40)59-56(61-57)41-22-10-3-11-23-41/h1-38H. The van der Waals surface area contributed by atoms with Crippen molar-refractivity contribution in [3.8, 4) is 62.1 Å². The Morgan fingerprint density at radius 3 is 1.27 bits per heavy atom. The van der Waals surface area contributed by atoms with Gasteiger partial charge in [0, 0.05) is 21.9 Å². The molecule has 0 saturated heterocycles. The molecule has 1 aliphatic carbocycles. The first kappa shape index (κ1) is 35.7. The highest BCUT2D eigenvalue weighted by molar-refractivity contribution is 6.10. The summed E-state index contributed by atoms with van der Waals surface area (Å²) in [6.07, 6.45) is 0. The lowest BCUT2D eigenvalue weighted by Gasteiger charge is -2.34. The number of nitrogens with zero attached hydrogens (tertiary/aromatic N) is 4. The first-order valence-corrected chi connectivity index (χ1v) is 21.1. The van der Waals surface area contributed by atoms with Crippen LogP contribution in [-0.2, 0) is 5.41 Å². The van der Waals surface area contributed by atoms with Crippen molar-refractivity contribution in [3.63, 3.8) is 0 Å². The number of hydrogen-bond acceptors (Lipinski definition) is 3. The van der Waals surface area contributed by atoms with Crippen LogP contribution >= 0.6 is 0 Å². The maximum Gasteiger partial charge on any atom is 0.238 e. The van der Waals surface area contributed by atoms with Crippen LogP contribution in [0.4, 0.5) is 0 Å². The van der Waals surface area contributed by atoms with Gasteiger partial charge in [-0.1, -0.05) is 206 Å². The Labute approximate surface area is 360 Å². The van der Waals surface area contributed by atoms with E-state index in [2.05, 4.69) is 199 Å². The van der Waals surface area contributed by atoms with Gasteiger partial charge in [-0.15, -0.1) is 0 Å². The van der Waals surface area contributed by atoms with Crippen LogP contribution in [0.25, 0.3) is 83.9 Å². The molecule has 0 atom stereocenters. The Hall–Kier alpha value is -8.21. The quantitative estimate of drug-likeness (QED) is 0.161. The highest BCUT2D eigenvalue weighted by atomic mass is 15.2. The molecule has 12 rings (SSSR count). The summed E-state index contributed by atoms with van der Waals surface area (Å²) >= 11 is 0. The average Bonchev–Trinajstić information content (AvgIpc) is 3.85. The summed E-state index contributed by atoms with van der Waals surface area (Å²) in [4.78, 5) is 15.4. The minimum absolute atomic E-state index is 0.556. The number of benzene rings is 9. The van der Waals surface area contributed by atoms with Crippen molar-refractivity contribution >= 4 is 21.8 Å². The first-order valence-electron chi connectivity index (χ1n) is 21.1. The van der Waals surface area contributed by atoms with E-state index in [1.807, 2.05) is 36.4 Å². The Morgan fingerprint density at radius 1 is 0.306 bits per heavy atom. The zero-order valence-electron chi connectivity index (χ0n) is 33.7. The average molecular weight is 791 g/mol. The molecule has 1 aliphatic rings. The summed E-state index contributed by atoms with van der Waals surface area (Å²) in [6.45, 7) is 0. The molecule has 0 amide bonds. The summed E-state index contributed by atoms with van der Waals surface area (Å²) in [7, 11) is 0. The van der Waals surface area contributed by atoms with Gasteiger partial charge in [0.2, 0.25) is 5.95 Å².